The van der Waals surface area contributed by atoms with Crippen LogP contribution in [-0.4, -0.2) is 72.8 Å². The zero-order valence-corrected chi connectivity index (χ0v) is 8.22. The van der Waals surface area contributed by atoms with Crippen molar-refractivity contribution in [1.82, 2.24) is 10.2 Å². The molecule has 5 nitrogen and oxygen atoms in total. The van der Waals surface area contributed by atoms with E-state index >= 15 is 0 Å². The summed E-state index contributed by atoms with van der Waals surface area (Å²) >= 11 is 0. The maximum atomic E-state index is 9.85. The van der Waals surface area contributed by atoms with E-state index in [-0.39, 0.29) is 12.6 Å². The first-order chi connectivity index (χ1) is 6.83. The van der Waals surface area contributed by atoms with Crippen molar-refractivity contribution in [3.8, 4) is 0 Å². The highest BCUT2D eigenvalue weighted by Gasteiger charge is 2.38. The Balaban J connectivity index is 1.91. The predicted octanol–water partition coefficient (Wildman–Crippen LogP) is -1.99. The first-order valence-electron chi connectivity index (χ1n) is 5.18. The van der Waals surface area contributed by atoms with Crippen molar-refractivity contribution in [3.05, 3.63) is 0 Å². The monoisotopic (exact) mass is 202 g/mol. The van der Waals surface area contributed by atoms with Crippen molar-refractivity contribution in [2.24, 2.45) is 0 Å². The van der Waals surface area contributed by atoms with Crippen LogP contribution in [0.3, 0.4) is 0 Å². The second-order valence-electron chi connectivity index (χ2n) is 3.90. The van der Waals surface area contributed by atoms with Crippen molar-refractivity contribution in [2.75, 3.05) is 39.4 Å². The van der Waals surface area contributed by atoms with E-state index in [2.05, 4.69) is 10.2 Å². The molecule has 2 aliphatic heterocycles. The number of piperazine rings is 1. The standard InChI is InChI=1S/C9H18N2O3/c12-5-8-9(13)7(6-14-8)11-3-1-10-2-4-11/h7-10,12-13H,1-6H2/t7-,8+,9-/m0/s1. The van der Waals surface area contributed by atoms with Gasteiger partial charge in [-0.25, -0.2) is 0 Å². The Hall–Kier alpha value is -0.200. The predicted molar refractivity (Wildman–Crippen MR) is 51.1 cm³/mol. The summed E-state index contributed by atoms with van der Waals surface area (Å²) in [5.41, 5.74) is 0. The molecule has 0 unspecified atom stereocenters. The highest BCUT2D eigenvalue weighted by atomic mass is 16.5. The van der Waals surface area contributed by atoms with Crippen LogP contribution >= 0.6 is 0 Å². The number of hydrogen-bond acceptors (Lipinski definition) is 5. The van der Waals surface area contributed by atoms with Gasteiger partial charge in [0, 0.05) is 26.2 Å². The topological polar surface area (TPSA) is 65.0 Å². The minimum atomic E-state index is -0.543. The van der Waals surface area contributed by atoms with Crippen molar-refractivity contribution in [1.29, 1.82) is 0 Å². The molecule has 0 aliphatic carbocycles. The minimum Gasteiger partial charge on any atom is -0.394 e. The molecule has 0 bridgehead atoms. The van der Waals surface area contributed by atoms with Crippen molar-refractivity contribution in [3.63, 3.8) is 0 Å². The smallest absolute Gasteiger partial charge is 0.108 e. The Kier molecular flexibility index (Phi) is 3.35. The van der Waals surface area contributed by atoms with E-state index in [1.54, 1.807) is 0 Å². The van der Waals surface area contributed by atoms with E-state index in [4.69, 9.17) is 9.84 Å². The molecule has 2 fully saturated rings. The summed E-state index contributed by atoms with van der Waals surface area (Å²) in [4.78, 5) is 2.23. The van der Waals surface area contributed by atoms with E-state index in [9.17, 15) is 5.11 Å². The highest BCUT2D eigenvalue weighted by Crippen LogP contribution is 2.19. The van der Waals surface area contributed by atoms with Crippen LogP contribution in [0.2, 0.25) is 0 Å². The Morgan fingerprint density at radius 1 is 1.36 bits per heavy atom. The molecule has 0 amide bonds. The number of hydrogen-bond donors (Lipinski definition) is 3. The van der Waals surface area contributed by atoms with Crippen LogP contribution in [0.15, 0.2) is 0 Å². The van der Waals surface area contributed by atoms with E-state index in [1.165, 1.54) is 0 Å². The molecule has 2 heterocycles. The molecule has 2 rings (SSSR count). The Morgan fingerprint density at radius 3 is 2.64 bits per heavy atom. The van der Waals surface area contributed by atoms with Gasteiger partial charge in [-0.15, -0.1) is 0 Å². The molecule has 0 aromatic carbocycles. The van der Waals surface area contributed by atoms with E-state index in [1.807, 2.05) is 0 Å². The molecule has 5 heteroatoms. The average Bonchev–Trinajstić information content (AvgIpc) is 2.61. The van der Waals surface area contributed by atoms with Crippen LogP contribution in [0.25, 0.3) is 0 Å². The second-order valence-corrected chi connectivity index (χ2v) is 3.90. The summed E-state index contributed by atoms with van der Waals surface area (Å²) in [6, 6.07) is 0.0641. The lowest BCUT2D eigenvalue weighted by molar-refractivity contribution is -0.00210. The molecule has 0 aromatic rings. The third kappa shape index (κ3) is 1.92. The van der Waals surface area contributed by atoms with E-state index < -0.39 is 12.2 Å². The Labute approximate surface area is 83.7 Å². The average molecular weight is 202 g/mol. The largest absolute Gasteiger partial charge is 0.394 e. The number of rotatable bonds is 2. The highest BCUT2D eigenvalue weighted by molar-refractivity contribution is 4.91. The van der Waals surface area contributed by atoms with Crippen LogP contribution in [0.5, 0.6) is 0 Å². The fraction of sp³-hybridized carbons (Fsp3) is 1.00. The lowest BCUT2D eigenvalue weighted by Crippen LogP contribution is -2.53. The Bertz CT molecular complexity index is 185. The minimum absolute atomic E-state index is 0.0641. The van der Waals surface area contributed by atoms with Gasteiger partial charge in [0.25, 0.3) is 0 Å². The van der Waals surface area contributed by atoms with Gasteiger partial charge in [-0.2, -0.15) is 0 Å². The molecule has 0 spiro atoms. The molecule has 2 aliphatic rings. The quantitative estimate of drug-likeness (QED) is 0.484. The first kappa shape index (κ1) is 10.3. The molecular weight excluding hydrogens is 184 g/mol. The summed E-state index contributed by atoms with van der Waals surface area (Å²) in [6.07, 6.45) is -0.937. The third-order valence-electron chi connectivity index (χ3n) is 3.06. The van der Waals surface area contributed by atoms with Gasteiger partial charge in [0.1, 0.15) is 12.2 Å². The zero-order valence-electron chi connectivity index (χ0n) is 8.22. The fourth-order valence-electron chi connectivity index (χ4n) is 2.16. The van der Waals surface area contributed by atoms with Crippen LogP contribution in [0.4, 0.5) is 0 Å². The van der Waals surface area contributed by atoms with Crippen molar-refractivity contribution < 1.29 is 14.9 Å². The summed E-state index contributed by atoms with van der Waals surface area (Å²) < 4.78 is 5.32. The Morgan fingerprint density at radius 2 is 2.07 bits per heavy atom. The number of ether oxygens (including phenoxy) is 1. The van der Waals surface area contributed by atoms with Gasteiger partial charge < -0.3 is 20.3 Å². The molecule has 0 aromatic heterocycles. The lowest BCUT2D eigenvalue weighted by atomic mass is 10.1. The molecule has 14 heavy (non-hydrogen) atoms. The van der Waals surface area contributed by atoms with Crippen LogP contribution in [-0.2, 0) is 4.74 Å². The van der Waals surface area contributed by atoms with E-state index in [0.29, 0.717) is 6.61 Å². The third-order valence-corrected chi connectivity index (χ3v) is 3.06. The van der Waals surface area contributed by atoms with E-state index in [0.717, 1.165) is 26.2 Å². The van der Waals surface area contributed by atoms with Gasteiger partial charge in [-0.05, 0) is 0 Å². The van der Waals surface area contributed by atoms with Gasteiger partial charge in [-0.3, -0.25) is 4.90 Å². The van der Waals surface area contributed by atoms with Gasteiger partial charge in [0.05, 0.1) is 19.3 Å². The maximum absolute atomic E-state index is 9.85. The fourth-order valence-corrected chi connectivity index (χ4v) is 2.16. The molecule has 0 radical (unpaired) electrons. The summed E-state index contributed by atoms with van der Waals surface area (Å²) in [5.74, 6) is 0. The summed E-state index contributed by atoms with van der Waals surface area (Å²) in [5, 5.41) is 22.1. The molecular formula is C9H18N2O3. The molecule has 3 atom stereocenters. The van der Waals surface area contributed by atoms with Gasteiger partial charge in [0.15, 0.2) is 0 Å². The first-order valence-corrected chi connectivity index (χ1v) is 5.18. The van der Waals surface area contributed by atoms with Gasteiger partial charge in [-0.1, -0.05) is 0 Å². The van der Waals surface area contributed by atoms with Crippen LogP contribution in [0.1, 0.15) is 0 Å². The number of nitrogens with one attached hydrogen (secondary N) is 1. The SMILES string of the molecule is OC[C@H]1OC[C@H](N2CCNCC2)[C@@H]1O. The van der Waals surface area contributed by atoms with Gasteiger partial charge in [0.2, 0.25) is 0 Å². The maximum Gasteiger partial charge on any atom is 0.108 e. The second kappa shape index (κ2) is 4.55. The zero-order chi connectivity index (χ0) is 9.97. The van der Waals surface area contributed by atoms with Crippen LogP contribution < -0.4 is 5.32 Å². The van der Waals surface area contributed by atoms with Crippen molar-refractivity contribution >= 4 is 0 Å². The van der Waals surface area contributed by atoms with Crippen LogP contribution in [0, 0.1) is 0 Å². The van der Waals surface area contributed by atoms with Gasteiger partial charge >= 0.3 is 0 Å². The molecule has 3 N–H and O–H groups in total. The van der Waals surface area contributed by atoms with Crippen molar-refractivity contribution in [2.45, 2.75) is 18.2 Å². The number of aliphatic hydroxyl groups is 2. The molecule has 2 saturated heterocycles. The lowest BCUT2D eigenvalue weighted by Gasteiger charge is -2.33. The summed E-state index contributed by atoms with van der Waals surface area (Å²) in [7, 11) is 0. The molecule has 0 saturated carbocycles. The molecule has 82 valence electrons. The summed E-state index contributed by atoms with van der Waals surface area (Å²) in [6.45, 7) is 4.27. The number of aliphatic hydroxyl groups excluding tert-OH is 2. The number of nitrogens with zero attached hydrogens (tertiary/aromatic N) is 1. The normalized spacial score (nSPS) is 40.3.